The third-order valence-corrected chi connectivity index (χ3v) is 5.53. The number of hydrogen-bond acceptors (Lipinski definition) is 3. The fourth-order valence-electron chi connectivity index (χ4n) is 3.78. The van der Waals surface area contributed by atoms with Gasteiger partial charge in [0.1, 0.15) is 6.04 Å². The second-order valence-corrected chi connectivity index (χ2v) is 7.75. The monoisotopic (exact) mass is 375 g/mol. The molecule has 4 heteroatoms. The third-order valence-electron chi connectivity index (χ3n) is 5.53. The van der Waals surface area contributed by atoms with Crippen molar-refractivity contribution in [2.45, 2.75) is 24.9 Å². The quantitative estimate of drug-likeness (QED) is 0.806. The zero-order valence-corrected chi connectivity index (χ0v) is 16.3. The maximum Gasteiger partial charge on any atom is 0.242 e. The maximum atomic E-state index is 12.9. The van der Waals surface area contributed by atoms with Gasteiger partial charge in [-0.2, -0.15) is 0 Å². The normalized spacial score (nSPS) is 19.6. The van der Waals surface area contributed by atoms with Gasteiger partial charge in [-0.3, -0.25) is 14.6 Å². The fourth-order valence-corrected chi connectivity index (χ4v) is 3.78. The molecule has 4 rings (SSSR count). The van der Waals surface area contributed by atoms with Crippen molar-refractivity contribution in [1.29, 1.82) is 0 Å². The van der Waals surface area contributed by atoms with E-state index in [1.54, 1.807) is 0 Å². The Bertz CT molecular complexity index is 778. The summed E-state index contributed by atoms with van der Waals surface area (Å²) in [4.78, 5) is 17.7. The highest BCUT2D eigenvalue weighted by Crippen LogP contribution is 2.25. The molecule has 2 aromatic carbocycles. The molecule has 1 N–H and O–H groups in total. The van der Waals surface area contributed by atoms with Crippen LogP contribution in [0.15, 0.2) is 66.7 Å². The van der Waals surface area contributed by atoms with Crippen LogP contribution in [0.4, 0.5) is 0 Å². The first kappa shape index (κ1) is 18.9. The van der Waals surface area contributed by atoms with Gasteiger partial charge in [0.25, 0.3) is 0 Å². The molecule has 1 aliphatic heterocycles. The molecule has 2 aliphatic rings. The average molecular weight is 376 g/mol. The minimum absolute atomic E-state index is 0.158. The topological polar surface area (TPSA) is 35.6 Å². The molecule has 2 aromatic rings. The molecule has 146 valence electrons. The summed E-state index contributed by atoms with van der Waals surface area (Å²) in [7, 11) is 0. The van der Waals surface area contributed by atoms with Gasteiger partial charge in [-0.05, 0) is 24.0 Å². The molecule has 0 bridgehead atoms. The first-order valence-corrected chi connectivity index (χ1v) is 10.3. The molecule has 1 amide bonds. The van der Waals surface area contributed by atoms with Crippen LogP contribution >= 0.6 is 0 Å². The lowest BCUT2D eigenvalue weighted by atomic mass is 10.0. The van der Waals surface area contributed by atoms with E-state index in [0.717, 1.165) is 51.1 Å². The van der Waals surface area contributed by atoms with Gasteiger partial charge >= 0.3 is 0 Å². The summed E-state index contributed by atoms with van der Waals surface area (Å²) in [6.07, 6.45) is 6.66. The standard InChI is InChI=1S/C24H29N3O/c28-24(25-22-13-14-22)23(21-11-5-2-6-12-21)27-18-16-26(17-19-27)15-7-10-20-8-3-1-4-9-20/h1-12,22-23H,13-19H2,(H,25,28)/b10-7+. The van der Waals surface area contributed by atoms with Crippen LogP contribution in [0.5, 0.6) is 0 Å². The van der Waals surface area contributed by atoms with Crippen molar-refractivity contribution in [3.8, 4) is 0 Å². The largest absolute Gasteiger partial charge is 0.352 e. The SMILES string of the molecule is O=C(NC1CC1)C(c1ccccc1)N1CCN(C/C=C/c2ccccc2)CC1. The van der Waals surface area contributed by atoms with Gasteiger partial charge in [0.15, 0.2) is 0 Å². The summed E-state index contributed by atoms with van der Waals surface area (Å²) >= 11 is 0. The van der Waals surface area contributed by atoms with E-state index in [2.05, 4.69) is 63.7 Å². The highest BCUT2D eigenvalue weighted by Gasteiger charge is 2.33. The van der Waals surface area contributed by atoms with Crippen molar-refractivity contribution in [2.75, 3.05) is 32.7 Å². The summed E-state index contributed by atoms with van der Waals surface area (Å²) in [6.45, 7) is 4.75. The molecule has 2 fully saturated rings. The molecule has 1 aliphatic carbocycles. The summed E-state index contributed by atoms with van der Waals surface area (Å²) in [5, 5.41) is 3.21. The van der Waals surface area contributed by atoms with Crippen molar-refractivity contribution in [1.82, 2.24) is 15.1 Å². The van der Waals surface area contributed by atoms with Crippen LogP contribution < -0.4 is 5.32 Å². The van der Waals surface area contributed by atoms with Crippen LogP contribution in [0.2, 0.25) is 0 Å². The van der Waals surface area contributed by atoms with Crippen LogP contribution in [0.1, 0.15) is 30.0 Å². The first-order chi connectivity index (χ1) is 13.8. The number of carbonyl (C=O) groups is 1. The summed E-state index contributed by atoms with van der Waals surface area (Å²) in [5.41, 5.74) is 2.33. The molecule has 4 nitrogen and oxygen atoms in total. The number of carbonyl (C=O) groups excluding carboxylic acids is 1. The van der Waals surface area contributed by atoms with Crippen LogP contribution in [-0.4, -0.2) is 54.5 Å². The summed E-state index contributed by atoms with van der Waals surface area (Å²) in [5.74, 6) is 0.158. The van der Waals surface area contributed by atoms with E-state index in [-0.39, 0.29) is 11.9 Å². The smallest absolute Gasteiger partial charge is 0.242 e. The molecular formula is C24H29N3O. The fraction of sp³-hybridized carbons (Fsp3) is 0.375. The van der Waals surface area contributed by atoms with E-state index in [4.69, 9.17) is 0 Å². The van der Waals surface area contributed by atoms with Gasteiger partial charge in [0, 0.05) is 38.8 Å². The molecule has 0 aromatic heterocycles. The Morgan fingerprint density at radius 2 is 1.61 bits per heavy atom. The molecule has 28 heavy (non-hydrogen) atoms. The third kappa shape index (κ3) is 5.09. The molecule has 1 saturated carbocycles. The van der Waals surface area contributed by atoms with E-state index < -0.39 is 0 Å². The highest BCUT2D eigenvalue weighted by molar-refractivity contribution is 5.83. The lowest BCUT2D eigenvalue weighted by Crippen LogP contribution is -2.51. The van der Waals surface area contributed by atoms with Gasteiger partial charge in [-0.15, -0.1) is 0 Å². The van der Waals surface area contributed by atoms with Crippen LogP contribution in [0.25, 0.3) is 6.08 Å². The lowest BCUT2D eigenvalue weighted by molar-refractivity contribution is -0.127. The minimum Gasteiger partial charge on any atom is -0.352 e. The second kappa shape index (κ2) is 9.18. The Balaban J connectivity index is 1.34. The van der Waals surface area contributed by atoms with Crippen molar-refractivity contribution in [3.63, 3.8) is 0 Å². The Morgan fingerprint density at radius 1 is 0.964 bits per heavy atom. The van der Waals surface area contributed by atoms with Gasteiger partial charge in [-0.25, -0.2) is 0 Å². The van der Waals surface area contributed by atoms with Crippen LogP contribution in [0, 0.1) is 0 Å². The van der Waals surface area contributed by atoms with Crippen molar-refractivity contribution in [3.05, 3.63) is 77.9 Å². The summed E-state index contributed by atoms with van der Waals surface area (Å²) < 4.78 is 0. The maximum absolute atomic E-state index is 12.9. The number of nitrogens with zero attached hydrogens (tertiary/aromatic N) is 2. The van der Waals surface area contributed by atoms with E-state index in [0.29, 0.717) is 6.04 Å². The van der Waals surface area contributed by atoms with Gasteiger partial charge in [-0.1, -0.05) is 72.8 Å². The number of piperazine rings is 1. The molecule has 0 radical (unpaired) electrons. The van der Waals surface area contributed by atoms with E-state index in [1.807, 2.05) is 24.3 Å². The molecule has 1 saturated heterocycles. The zero-order chi connectivity index (χ0) is 19.2. The Labute approximate surface area is 167 Å². The Morgan fingerprint density at radius 3 is 2.25 bits per heavy atom. The van der Waals surface area contributed by atoms with Gasteiger partial charge in [0.2, 0.25) is 5.91 Å². The highest BCUT2D eigenvalue weighted by atomic mass is 16.2. The minimum atomic E-state index is -0.177. The molecule has 1 heterocycles. The second-order valence-electron chi connectivity index (χ2n) is 7.75. The molecule has 0 spiro atoms. The van der Waals surface area contributed by atoms with Crippen molar-refractivity contribution in [2.24, 2.45) is 0 Å². The Hall–Kier alpha value is -2.43. The number of rotatable bonds is 7. The van der Waals surface area contributed by atoms with Crippen LogP contribution in [-0.2, 0) is 4.79 Å². The summed E-state index contributed by atoms with van der Waals surface area (Å²) in [6, 6.07) is 20.8. The number of amides is 1. The van der Waals surface area contributed by atoms with E-state index >= 15 is 0 Å². The van der Waals surface area contributed by atoms with Gasteiger partial charge in [0.05, 0.1) is 0 Å². The molecule has 1 atom stereocenters. The molecular weight excluding hydrogens is 346 g/mol. The Kier molecular flexibility index (Phi) is 6.20. The molecule has 1 unspecified atom stereocenters. The number of nitrogens with one attached hydrogen (secondary N) is 1. The van der Waals surface area contributed by atoms with Crippen molar-refractivity contribution >= 4 is 12.0 Å². The first-order valence-electron chi connectivity index (χ1n) is 10.3. The van der Waals surface area contributed by atoms with Crippen LogP contribution in [0.3, 0.4) is 0 Å². The van der Waals surface area contributed by atoms with E-state index in [1.165, 1.54) is 5.56 Å². The van der Waals surface area contributed by atoms with Crippen molar-refractivity contribution < 1.29 is 4.79 Å². The zero-order valence-electron chi connectivity index (χ0n) is 16.3. The number of hydrogen-bond donors (Lipinski definition) is 1. The van der Waals surface area contributed by atoms with E-state index in [9.17, 15) is 4.79 Å². The average Bonchev–Trinajstić information content (AvgIpc) is 3.55. The number of benzene rings is 2. The predicted molar refractivity (Wildman–Crippen MR) is 114 cm³/mol. The predicted octanol–water partition coefficient (Wildman–Crippen LogP) is 3.34. The lowest BCUT2D eigenvalue weighted by Gasteiger charge is -2.38. The van der Waals surface area contributed by atoms with Gasteiger partial charge < -0.3 is 5.32 Å².